The third kappa shape index (κ3) is 5.57. The van der Waals surface area contributed by atoms with Crippen molar-refractivity contribution in [3.8, 4) is 5.88 Å². The SMILES string of the molecule is COc1ccc2c(n1)CCCC(C1=C(Cl)C=C(c3ccc(C4CCC(CC(=O)O)CC4)cc3)CC1)=N2. The maximum Gasteiger partial charge on any atom is 0.303 e. The van der Waals surface area contributed by atoms with E-state index in [1.807, 2.05) is 12.1 Å². The van der Waals surface area contributed by atoms with Gasteiger partial charge >= 0.3 is 5.97 Å². The zero-order valence-electron chi connectivity index (χ0n) is 20.8. The fraction of sp³-hybridized carbons (Fsp3) is 0.433. The number of benzene rings is 1. The van der Waals surface area contributed by atoms with Gasteiger partial charge in [0.15, 0.2) is 0 Å². The molecule has 36 heavy (non-hydrogen) atoms. The van der Waals surface area contributed by atoms with Gasteiger partial charge in [0.2, 0.25) is 5.88 Å². The maximum atomic E-state index is 11.0. The van der Waals surface area contributed by atoms with Gasteiger partial charge in [-0.15, -0.1) is 0 Å². The minimum atomic E-state index is -0.673. The number of aryl methyl sites for hydroxylation is 1. The summed E-state index contributed by atoms with van der Waals surface area (Å²) in [5.41, 5.74) is 7.99. The molecule has 0 unspecified atom stereocenters. The number of rotatable bonds is 6. The van der Waals surface area contributed by atoms with Gasteiger partial charge in [0.25, 0.3) is 0 Å². The average molecular weight is 505 g/mol. The van der Waals surface area contributed by atoms with E-state index in [0.29, 0.717) is 24.1 Å². The van der Waals surface area contributed by atoms with Crippen LogP contribution in [0.15, 0.2) is 58.1 Å². The smallest absolute Gasteiger partial charge is 0.303 e. The molecule has 0 atom stereocenters. The summed E-state index contributed by atoms with van der Waals surface area (Å²) in [6.45, 7) is 0. The Morgan fingerprint density at radius 1 is 1.03 bits per heavy atom. The van der Waals surface area contributed by atoms with Gasteiger partial charge in [-0.3, -0.25) is 9.79 Å². The molecule has 5 nitrogen and oxygen atoms in total. The summed E-state index contributed by atoms with van der Waals surface area (Å²) in [6, 6.07) is 12.8. The molecule has 188 valence electrons. The van der Waals surface area contributed by atoms with E-state index in [1.165, 1.54) is 16.7 Å². The predicted octanol–water partition coefficient (Wildman–Crippen LogP) is 7.62. The molecule has 5 rings (SSSR count). The van der Waals surface area contributed by atoms with E-state index in [1.54, 1.807) is 7.11 Å². The highest BCUT2D eigenvalue weighted by Gasteiger charge is 2.25. The molecule has 2 aromatic rings. The highest BCUT2D eigenvalue weighted by molar-refractivity contribution is 6.34. The molecule has 0 amide bonds. The lowest BCUT2D eigenvalue weighted by atomic mass is 9.77. The van der Waals surface area contributed by atoms with Gasteiger partial charge in [-0.05, 0) is 104 Å². The Morgan fingerprint density at radius 3 is 2.50 bits per heavy atom. The molecule has 0 radical (unpaired) electrons. The Bertz CT molecular complexity index is 1220. The number of aliphatic imine (C=N–C) groups is 1. The first kappa shape index (κ1) is 24.8. The fourth-order valence-corrected chi connectivity index (χ4v) is 6.17. The maximum absolute atomic E-state index is 11.0. The summed E-state index contributed by atoms with van der Waals surface area (Å²) in [7, 11) is 1.64. The molecule has 0 spiro atoms. The number of halogens is 1. The molecule has 1 fully saturated rings. The summed E-state index contributed by atoms with van der Waals surface area (Å²) in [6.07, 6.45) is 11.2. The van der Waals surface area contributed by atoms with E-state index in [-0.39, 0.29) is 0 Å². The number of hydrogen-bond acceptors (Lipinski definition) is 4. The van der Waals surface area contributed by atoms with Gasteiger partial charge in [0, 0.05) is 23.2 Å². The number of fused-ring (bicyclic) bond motifs is 1. The second-order valence-electron chi connectivity index (χ2n) is 10.2. The molecule has 1 aliphatic heterocycles. The van der Waals surface area contributed by atoms with E-state index in [2.05, 4.69) is 35.3 Å². The minimum Gasteiger partial charge on any atom is -0.481 e. The number of carbonyl (C=O) groups is 1. The summed E-state index contributed by atoms with van der Waals surface area (Å²) in [5.74, 6) is 0.823. The zero-order valence-corrected chi connectivity index (χ0v) is 21.6. The van der Waals surface area contributed by atoms with Crippen molar-refractivity contribution in [3.05, 3.63) is 69.9 Å². The van der Waals surface area contributed by atoms with Crippen LogP contribution in [0.1, 0.15) is 80.5 Å². The van der Waals surface area contributed by atoms with Gasteiger partial charge in [0.1, 0.15) is 0 Å². The van der Waals surface area contributed by atoms with Gasteiger partial charge in [-0.2, -0.15) is 0 Å². The molecule has 6 heteroatoms. The zero-order chi connectivity index (χ0) is 25.1. The second kappa shape index (κ2) is 11.0. The van der Waals surface area contributed by atoms with E-state index in [9.17, 15) is 4.79 Å². The number of hydrogen-bond donors (Lipinski definition) is 1. The number of allylic oxidation sites excluding steroid dienone is 4. The van der Waals surface area contributed by atoms with Crippen molar-refractivity contribution in [3.63, 3.8) is 0 Å². The minimum absolute atomic E-state index is 0.306. The lowest BCUT2D eigenvalue weighted by Gasteiger charge is -2.28. The third-order valence-corrected chi connectivity index (χ3v) is 8.20. The van der Waals surface area contributed by atoms with Gasteiger partial charge in [-0.1, -0.05) is 35.9 Å². The first-order valence-corrected chi connectivity index (χ1v) is 13.4. The monoisotopic (exact) mass is 504 g/mol. The van der Waals surface area contributed by atoms with Crippen LogP contribution in [-0.2, 0) is 11.2 Å². The lowest BCUT2D eigenvalue weighted by molar-refractivity contribution is -0.138. The third-order valence-electron chi connectivity index (χ3n) is 7.86. The number of aromatic nitrogens is 1. The van der Waals surface area contributed by atoms with E-state index in [4.69, 9.17) is 26.4 Å². The van der Waals surface area contributed by atoms with Crippen molar-refractivity contribution in [2.24, 2.45) is 10.9 Å². The van der Waals surface area contributed by atoms with Crippen LogP contribution < -0.4 is 4.74 Å². The van der Waals surface area contributed by atoms with E-state index < -0.39 is 5.97 Å². The molecule has 0 bridgehead atoms. The van der Waals surface area contributed by atoms with E-state index in [0.717, 1.165) is 85.5 Å². The standard InChI is InChI=1S/C30H33ClN2O3/c1-36-29-16-15-28-27(33-29)4-2-3-26(32-28)24-14-13-23(18-25(24)31)22-11-9-21(10-12-22)20-7-5-19(6-8-20)17-30(34)35/h9-12,15-16,18-20H,2-8,13-14,17H2,1H3,(H,34,35). The molecular formula is C30H33ClN2O3. The highest BCUT2D eigenvalue weighted by Crippen LogP contribution is 2.39. The summed E-state index contributed by atoms with van der Waals surface area (Å²) in [4.78, 5) is 20.5. The van der Waals surface area contributed by atoms with Crippen LogP contribution in [0.25, 0.3) is 5.57 Å². The van der Waals surface area contributed by atoms with Gasteiger partial charge < -0.3 is 9.84 Å². The van der Waals surface area contributed by atoms with Crippen LogP contribution >= 0.6 is 11.6 Å². The van der Waals surface area contributed by atoms with Crippen LogP contribution in [0.4, 0.5) is 5.69 Å². The topological polar surface area (TPSA) is 71.8 Å². The number of methoxy groups -OCH3 is 1. The second-order valence-corrected chi connectivity index (χ2v) is 10.6. The van der Waals surface area contributed by atoms with Crippen LogP contribution in [0.2, 0.25) is 0 Å². The number of carboxylic acids is 1. The van der Waals surface area contributed by atoms with Crippen LogP contribution in [0.3, 0.4) is 0 Å². The number of aliphatic carboxylic acids is 1. The Morgan fingerprint density at radius 2 is 1.81 bits per heavy atom. The number of carboxylic acid groups (broad SMARTS) is 1. The first-order valence-electron chi connectivity index (χ1n) is 13.0. The van der Waals surface area contributed by atoms with Crippen molar-refractivity contribution in [2.75, 3.05) is 7.11 Å². The Balaban J connectivity index is 1.29. The molecular weight excluding hydrogens is 472 g/mol. The van der Waals surface area contributed by atoms with Crippen molar-refractivity contribution in [1.82, 2.24) is 4.98 Å². The van der Waals surface area contributed by atoms with Crippen molar-refractivity contribution in [1.29, 1.82) is 0 Å². The average Bonchev–Trinajstić information content (AvgIpc) is 3.10. The van der Waals surface area contributed by atoms with Crippen LogP contribution in [0, 0.1) is 5.92 Å². The molecule has 3 aliphatic rings. The largest absolute Gasteiger partial charge is 0.481 e. The van der Waals surface area contributed by atoms with Crippen molar-refractivity contribution < 1.29 is 14.6 Å². The van der Waals surface area contributed by atoms with E-state index >= 15 is 0 Å². The molecule has 2 heterocycles. The fourth-order valence-electron chi connectivity index (χ4n) is 5.83. The molecule has 1 N–H and O–H groups in total. The Hall–Kier alpha value is -2.92. The van der Waals surface area contributed by atoms with Crippen LogP contribution in [-0.4, -0.2) is 28.9 Å². The number of ether oxygens (including phenoxy) is 1. The highest BCUT2D eigenvalue weighted by atomic mass is 35.5. The summed E-state index contributed by atoms with van der Waals surface area (Å²) >= 11 is 6.84. The Labute approximate surface area is 218 Å². The van der Waals surface area contributed by atoms with Crippen molar-refractivity contribution >= 4 is 34.5 Å². The lowest BCUT2D eigenvalue weighted by Crippen LogP contribution is -2.16. The normalized spacial score (nSPS) is 22.3. The summed E-state index contributed by atoms with van der Waals surface area (Å²) < 4.78 is 5.28. The van der Waals surface area contributed by atoms with Crippen LogP contribution in [0.5, 0.6) is 5.88 Å². The van der Waals surface area contributed by atoms with Gasteiger partial charge in [0.05, 0.1) is 18.5 Å². The van der Waals surface area contributed by atoms with Gasteiger partial charge in [-0.25, -0.2) is 4.98 Å². The first-order chi connectivity index (χ1) is 17.5. The molecule has 2 aliphatic carbocycles. The Kier molecular flexibility index (Phi) is 7.56. The number of pyridine rings is 1. The quantitative estimate of drug-likeness (QED) is 0.439. The predicted molar refractivity (Wildman–Crippen MR) is 144 cm³/mol. The number of nitrogens with zero attached hydrogens (tertiary/aromatic N) is 2. The molecule has 1 saturated carbocycles. The molecule has 0 saturated heterocycles. The molecule has 1 aromatic carbocycles. The molecule has 1 aromatic heterocycles. The summed E-state index contributed by atoms with van der Waals surface area (Å²) in [5, 5.41) is 9.84. The van der Waals surface area contributed by atoms with Crippen molar-refractivity contribution in [2.45, 2.75) is 70.1 Å².